The van der Waals surface area contributed by atoms with Crippen LogP contribution in [0.25, 0.3) is 0 Å². The highest BCUT2D eigenvalue weighted by atomic mass is 32.2. The molecule has 0 spiro atoms. The molecule has 1 atom stereocenters. The van der Waals surface area contributed by atoms with Crippen molar-refractivity contribution in [3.05, 3.63) is 29.8 Å². The maximum absolute atomic E-state index is 12.5. The predicted molar refractivity (Wildman–Crippen MR) is 97.8 cm³/mol. The van der Waals surface area contributed by atoms with E-state index in [-0.39, 0.29) is 22.6 Å². The molecule has 1 unspecified atom stereocenters. The van der Waals surface area contributed by atoms with Gasteiger partial charge in [0.15, 0.2) is 0 Å². The molecule has 1 aliphatic heterocycles. The van der Waals surface area contributed by atoms with E-state index in [0.29, 0.717) is 25.1 Å². The molecule has 0 aromatic heterocycles. The van der Waals surface area contributed by atoms with Crippen molar-refractivity contribution in [2.75, 3.05) is 13.1 Å². The van der Waals surface area contributed by atoms with E-state index < -0.39 is 16.1 Å². The lowest BCUT2D eigenvalue weighted by atomic mass is 10.0. The van der Waals surface area contributed by atoms with Gasteiger partial charge < -0.3 is 11.1 Å². The fourth-order valence-corrected chi connectivity index (χ4v) is 3.89. The van der Waals surface area contributed by atoms with Gasteiger partial charge in [-0.05, 0) is 43.9 Å². The number of carbonyl (C=O) groups is 1. The number of sulfonamides is 1. The van der Waals surface area contributed by atoms with Crippen LogP contribution in [0.1, 0.15) is 38.7 Å². The highest BCUT2D eigenvalue weighted by Gasteiger charge is 2.31. The lowest BCUT2D eigenvalue weighted by Gasteiger charge is -2.16. The average Bonchev–Trinajstić information content (AvgIpc) is 2.81. The van der Waals surface area contributed by atoms with Crippen molar-refractivity contribution in [1.29, 1.82) is 0 Å². The van der Waals surface area contributed by atoms with Crippen molar-refractivity contribution >= 4 is 21.8 Å². The second-order valence-corrected chi connectivity index (χ2v) is 8.16. The minimum Gasteiger partial charge on any atom is -0.354 e. The lowest BCUT2D eigenvalue weighted by molar-refractivity contribution is -0.122. The van der Waals surface area contributed by atoms with Gasteiger partial charge in [-0.1, -0.05) is 26.0 Å². The lowest BCUT2D eigenvalue weighted by Crippen LogP contribution is -2.37. The standard InChI is InChI=1S/C17H26N4O3S/c1-12(2)11-14(17(22)19-10-6-5-9-18)20-16-13-7-3-4-8-15(13)25(23,24)21-16/h3-4,7-8,12,14H,5-6,9-11,18H2,1-2H3,(H,19,22)(H,20,21). The molecule has 138 valence electrons. The van der Waals surface area contributed by atoms with Gasteiger partial charge in [0.25, 0.3) is 10.0 Å². The summed E-state index contributed by atoms with van der Waals surface area (Å²) in [4.78, 5) is 17.1. The quantitative estimate of drug-likeness (QED) is 0.595. The first-order valence-corrected chi connectivity index (χ1v) is 10.0. The average molecular weight is 366 g/mol. The molecule has 0 radical (unpaired) electrons. The van der Waals surface area contributed by atoms with Gasteiger partial charge in [0.05, 0.1) is 4.90 Å². The van der Waals surface area contributed by atoms with Crippen LogP contribution in [0, 0.1) is 5.92 Å². The summed E-state index contributed by atoms with van der Waals surface area (Å²) in [5.74, 6) is 0.289. The maximum Gasteiger partial charge on any atom is 0.263 e. The highest BCUT2D eigenvalue weighted by Crippen LogP contribution is 2.23. The molecule has 1 aromatic carbocycles. The van der Waals surface area contributed by atoms with E-state index in [1.807, 2.05) is 13.8 Å². The summed E-state index contributed by atoms with van der Waals surface area (Å²) in [7, 11) is -3.61. The van der Waals surface area contributed by atoms with Gasteiger partial charge in [-0.2, -0.15) is 0 Å². The van der Waals surface area contributed by atoms with Crippen LogP contribution in [0.3, 0.4) is 0 Å². The van der Waals surface area contributed by atoms with Crippen LogP contribution in [-0.4, -0.2) is 39.3 Å². The number of aliphatic imine (C=N–C) groups is 1. The minimum absolute atomic E-state index is 0.193. The summed E-state index contributed by atoms with van der Waals surface area (Å²) in [6.45, 7) is 5.13. The number of amides is 1. The molecule has 1 aliphatic rings. The summed E-state index contributed by atoms with van der Waals surface area (Å²) >= 11 is 0. The van der Waals surface area contributed by atoms with E-state index in [0.717, 1.165) is 12.8 Å². The summed E-state index contributed by atoms with van der Waals surface area (Å²) in [5.41, 5.74) is 5.96. The topological polar surface area (TPSA) is 114 Å². The number of nitrogens with one attached hydrogen (secondary N) is 2. The second-order valence-electron chi connectivity index (χ2n) is 6.51. The number of hydrogen-bond acceptors (Lipinski definition) is 5. The van der Waals surface area contributed by atoms with Gasteiger partial charge in [0.2, 0.25) is 5.91 Å². The van der Waals surface area contributed by atoms with Gasteiger partial charge in [0, 0.05) is 12.1 Å². The zero-order valence-corrected chi connectivity index (χ0v) is 15.5. The second kappa shape index (κ2) is 8.44. The summed E-state index contributed by atoms with van der Waals surface area (Å²) in [6.07, 6.45) is 2.19. The summed E-state index contributed by atoms with van der Waals surface area (Å²) < 4.78 is 26.8. The molecular weight excluding hydrogens is 340 g/mol. The van der Waals surface area contributed by atoms with Crippen LogP contribution in [0.2, 0.25) is 0 Å². The summed E-state index contributed by atoms with van der Waals surface area (Å²) in [6, 6.07) is 6.00. The van der Waals surface area contributed by atoms with Crippen LogP contribution in [0.4, 0.5) is 0 Å². The van der Waals surface area contributed by atoms with Crippen molar-refractivity contribution in [1.82, 2.24) is 10.0 Å². The Kier molecular flexibility index (Phi) is 6.55. The molecule has 7 nitrogen and oxygen atoms in total. The number of fused-ring (bicyclic) bond motifs is 1. The molecule has 8 heteroatoms. The van der Waals surface area contributed by atoms with E-state index in [9.17, 15) is 13.2 Å². The molecule has 0 bridgehead atoms. The zero-order valence-electron chi connectivity index (χ0n) is 14.7. The molecule has 4 N–H and O–H groups in total. The van der Waals surface area contributed by atoms with Crippen molar-refractivity contribution in [2.45, 2.75) is 44.0 Å². The van der Waals surface area contributed by atoms with Crippen LogP contribution < -0.4 is 15.8 Å². The molecule has 0 saturated heterocycles. The Bertz CT molecular complexity index is 744. The first-order valence-electron chi connectivity index (χ1n) is 8.53. The minimum atomic E-state index is -3.61. The molecule has 0 saturated carbocycles. The van der Waals surface area contributed by atoms with Crippen molar-refractivity contribution in [3.8, 4) is 0 Å². The highest BCUT2D eigenvalue weighted by molar-refractivity contribution is 7.90. The fraction of sp³-hybridized carbons (Fsp3) is 0.529. The van der Waals surface area contributed by atoms with E-state index in [4.69, 9.17) is 5.73 Å². The van der Waals surface area contributed by atoms with Crippen molar-refractivity contribution < 1.29 is 13.2 Å². The van der Waals surface area contributed by atoms with E-state index in [1.54, 1.807) is 18.2 Å². The Morgan fingerprint density at radius 1 is 1.28 bits per heavy atom. The number of nitrogens with zero attached hydrogens (tertiary/aromatic N) is 1. The van der Waals surface area contributed by atoms with E-state index in [1.165, 1.54) is 6.07 Å². The maximum atomic E-state index is 12.5. The van der Waals surface area contributed by atoms with Crippen LogP contribution >= 0.6 is 0 Å². The van der Waals surface area contributed by atoms with Crippen LogP contribution in [0.15, 0.2) is 34.2 Å². The number of benzene rings is 1. The molecule has 1 heterocycles. The van der Waals surface area contributed by atoms with Crippen LogP contribution in [0.5, 0.6) is 0 Å². The van der Waals surface area contributed by atoms with Gasteiger partial charge in [-0.15, -0.1) is 0 Å². The number of carbonyl (C=O) groups excluding carboxylic acids is 1. The van der Waals surface area contributed by atoms with Crippen LogP contribution in [-0.2, 0) is 14.8 Å². The van der Waals surface area contributed by atoms with Gasteiger partial charge >= 0.3 is 0 Å². The van der Waals surface area contributed by atoms with Crippen molar-refractivity contribution in [2.24, 2.45) is 16.6 Å². The predicted octanol–water partition coefficient (Wildman–Crippen LogP) is 0.995. The normalized spacial score (nSPS) is 18.0. The van der Waals surface area contributed by atoms with Crippen molar-refractivity contribution in [3.63, 3.8) is 0 Å². The Labute approximate surface area is 149 Å². The molecule has 1 amide bonds. The smallest absolute Gasteiger partial charge is 0.263 e. The number of amidine groups is 1. The number of unbranched alkanes of at least 4 members (excludes halogenated alkanes) is 1. The third-order valence-corrected chi connectivity index (χ3v) is 5.27. The summed E-state index contributed by atoms with van der Waals surface area (Å²) in [5, 5.41) is 2.86. The van der Waals surface area contributed by atoms with E-state index in [2.05, 4.69) is 15.0 Å². The molecule has 0 aliphatic carbocycles. The fourth-order valence-electron chi connectivity index (χ4n) is 2.65. The Morgan fingerprint density at radius 2 is 2.00 bits per heavy atom. The van der Waals surface area contributed by atoms with Gasteiger partial charge in [-0.3, -0.25) is 14.5 Å². The van der Waals surface area contributed by atoms with E-state index >= 15 is 0 Å². The molecule has 25 heavy (non-hydrogen) atoms. The number of hydrogen-bond donors (Lipinski definition) is 3. The van der Waals surface area contributed by atoms with Gasteiger partial charge in [0.1, 0.15) is 11.9 Å². The Morgan fingerprint density at radius 3 is 2.68 bits per heavy atom. The molecule has 1 aromatic rings. The Hall–Kier alpha value is -1.93. The molecule has 2 rings (SSSR count). The number of nitrogens with two attached hydrogens (primary N) is 1. The monoisotopic (exact) mass is 366 g/mol. The third kappa shape index (κ3) is 5.02. The SMILES string of the molecule is CC(C)CC(N=C1NS(=O)(=O)c2ccccc21)C(=O)NCCCCN. The van der Waals surface area contributed by atoms with Gasteiger partial charge in [-0.25, -0.2) is 8.42 Å². The third-order valence-electron chi connectivity index (χ3n) is 3.88. The molecule has 0 fully saturated rings. The first-order chi connectivity index (χ1) is 11.8. The zero-order chi connectivity index (χ0) is 18.4. The first kappa shape index (κ1) is 19.4. The Balaban J connectivity index is 2.22. The molecular formula is C17H26N4O3S. The largest absolute Gasteiger partial charge is 0.354 e. The number of rotatable bonds is 8.